The minimum Gasteiger partial charge on any atom is -0.478 e. The van der Waals surface area contributed by atoms with Gasteiger partial charge in [0.25, 0.3) is 0 Å². The molecule has 1 N–H and O–H groups in total. The van der Waals surface area contributed by atoms with Crippen LogP contribution in [0.4, 0.5) is 13.2 Å². The van der Waals surface area contributed by atoms with Crippen LogP contribution in [0.2, 0.25) is 0 Å². The van der Waals surface area contributed by atoms with Crippen LogP contribution in [-0.4, -0.2) is 25.0 Å². The average Bonchev–Trinajstić information content (AvgIpc) is 2.35. The quantitative estimate of drug-likeness (QED) is 0.689. The van der Waals surface area contributed by atoms with Crippen molar-refractivity contribution in [2.24, 2.45) is 0 Å². The van der Waals surface area contributed by atoms with Crippen molar-refractivity contribution in [1.82, 2.24) is 0 Å². The summed E-state index contributed by atoms with van der Waals surface area (Å²) >= 11 is 0. The number of rotatable bonds is 3. The van der Waals surface area contributed by atoms with E-state index in [9.17, 15) is 26.4 Å². The molecule has 0 fully saturated rings. The highest BCUT2D eigenvalue weighted by Crippen LogP contribution is 2.30. The van der Waals surface area contributed by atoms with Crippen molar-refractivity contribution in [2.45, 2.75) is 12.4 Å². The fraction of sp³-hybridized carbons (Fsp3) is 0.154. The van der Waals surface area contributed by atoms with Gasteiger partial charge in [0.2, 0.25) is 0 Å². The fourth-order valence-electron chi connectivity index (χ4n) is 1.90. The third kappa shape index (κ3) is 2.98. The highest BCUT2D eigenvalue weighted by molar-refractivity contribution is 7.88. The summed E-state index contributed by atoms with van der Waals surface area (Å²) in [6, 6.07) is 6.11. The molecule has 2 aromatic rings. The maximum atomic E-state index is 12.3. The Morgan fingerprint density at radius 3 is 2.36 bits per heavy atom. The number of fused-ring (bicyclic) bond motifs is 1. The van der Waals surface area contributed by atoms with Crippen LogP contribution in [0.25, 0.3) is 10.8 Å². The number of benzene rings is 2. The van der Waals surface area contributed by atoms with Gasteiger partial charge in [-0.15, -0.1) is 0 Å². The largest absolute Gasteiger partial charge is 0.534 e. The molecular weight excluding hydrogens is 325 g/mol. The van der Waals surface area contributed by atoms with E-state index in [1.807, 2.05) is 0 Å². The first-order chi connectivity index (χ1) is 10.0. The van der Waals surface area contributed by atoms with E-state index in [-0.39, 0.29) is 16.3 Å². The molecule has 2 aromatic carbocycles. The molecule has 118 valence electrons. The minimum absolute atomic E-state index is 0.0415. The second-order valence-electron chi connectivity index (χ2n) is 4.48. The van der Waals surface area contributed by atoms with Crippen LogP contribution < -0.4 is 4.18 Å². The SMILES string of the molecule is Cc1cc(C(=O)O)c2ccc(OS(=O)(=O)C(F)(F)F)cc2c1. The zero-order chi connectivity index (χ0) is 16.7. The Morgan fingerprint density at radius 2 is 1.82 bits per heavy atom. The van der Waals surface area contributed by atoms with E-state index in [0.717, 1.165) is 12.1 Å². The maximum absolute atomic E-state index is 12.3. The third-order valence-corrected chi connectivity index (χ3v) is 3.77. The summed E-state index contributed by atoms with van der Waals surface area (Å²) in [6.07, 6.45) is 0. The van der Waals surface area contributed by atoms with E-state index in [0.29, 0.717) is 5.56 Å². The molecule has 0 bridgehead atoms. The Bertz CT molecular complexity index is 856. The lowest BCUT2D eigenvalue weighted by molar-refractivity contribution is -0.0500. The molecule has 0 aliphatic rings. The molecule has 0 amide bonds. The molecule has 2 rings (SSSR count). The maximum Gasteiger partial charge on any atom is 0.534 e. The standard InChI is InChI=1S/C13H9F3O5S/c1-7-4-8-6-9(21-22(19,20)13(14,15)16)2-3-10(8)11(5-7)12(17)18/h2-6H,1H3,(H,17,18). The lowest BCUT2D eigenvalue weighted by Crippen LogP contribution is -2.28. The molecule has 0 aromatic heterocycles. The van der Waals surface area contributed by atoms with Gasteiger partial charge in [-0.05, 0) is 47.5 Å². The van der Waals surface area contributed by atoms with Gasteiger partial charge >= 0.3 is 21.6 Å². The normalized spacial score (nSPS) is 12.4. The molecule has 0 unspecified atom stereocenters. The van der Waals surface area contributed by atoms with Crippen LogP contribution in [0.3, 0.4) is 0 Å². The smallest absolute Gasteiger partial charge is 0.478 e. The fourth-order valence-corrected chi connectivity index (χ4v) is 2.35. The molecule has 0 heterocycles. The van der Waals surface area contributed by atoms with E-state index in [1.54, 1.807) is 6.92 Å². The van der Waals surface area contributed by atoms with Gasteiger partial charge < -0.3 is 9.29 Å². The second kappa shape index (κ2) is 5.16. The van der Waals surface area contributed by atoms with E-state index >= 15 is 0 Å². The Kier molecular flexibility index (Phi) is 3.78. The van der Waals surface area contributed by atoms with Crippen molar-refractivity contribution in [3.8, 4) is 5.75 Å². The van der Waals surface area contributed by atoms with E-state index < -0.39 is 27.3 Å². The minimum atomic E-state index is -5.77. The number of alkyl halides is 3. The Morgan fingerprint density at radius 1 is 1.18 bits per heavy atom. The average molecular weight is 334 g/mol. The number of hydrogen-bond donors (Lipinski definition) is 1. The number of halogens is 3. The predicted molar refractivity (Wildman–Crippen MR) is 71.2 cm³/mol. The number of hydrogen-bond acceptors (Lipinski definition) is 4. The van der Waals surface area contributed by atoms with Crippen molar-refractivity contribution in [3.05, 3.63) is 41.5 Å². The van der Waals surface area contributed by atoms with Crippen molar-refractivity contribution >= 4 is 26.9 Å². The van der Waals surface area contributed by atoms with Crippen LogP contribution in [0.15, 0.2) is 30.3 Å². The Hall–Kier alpha value is -2.29. The summed E-state index contributed by atoms with van der Waals surface area (Å²) in [4.78, 5) is 11.1. The molecule has 0 aliphatic carbocycles. The number of carbonyl (C=O) groups is 1. The zero-order valence-electron chi connectivity index (χ0n) is 11.0. The molecule has 0 saturated heterocycles. The number of aryl methyl sites for hydroxylation is 1. The van der Waals surface area contributed by atoms with Crippen molar-refractivity contribution in [3.63, 3.8) is 0 Å². The van der Waals surface area contributed by atoms with Crippen molar-refractivity contribution < 1.29 is 35.7 Å². The second-order valence-corrected chi connectivity index (χ2v) is 6.02. The van der Waals surface area contributed by atoms with Gasteiger partial charge in [-0.25, -0.2) is 4.79 Å². The lowest BCUT2D eigenvalue weighted by Gasteiger charge is -2.11. The molecular formula is C13H9F3O5S. The van der Waals surface area contributed by atoms with E-state index in [1.165, 1.54) is 18.2 Å². The van der Waals surface area contributed by atoms with Gasteiger partial charge in [0.15, 0.2) is 0 Å². The van der Waals surface area contributed by atoms with Gasteiger partial charge in [-0.1, -0.05) is 6.07 Å². The number of aromatic carboxylic acids is 1. The summed E-state index contributed by atoms with van der Waals surface area (Å²) in [7, 11) is -5.77. The molecule has 0 saturated carbocycles. The van der Waals surface area contributed by atoms with Gasteiger partial charge in [0.05, 0.1) is 5.56 Å². The van der Waals surface area contributed by atoms with Crippen molar-refractivity contribution in [2.75, 3.05) is 0 Å². The molecule has 0 atom stereocenters. The Labute approximate surface area is 123 Å². The van der Waals surface area contributed by atoms with Gasteiger partial charge in [-0.2, -0.15) is 21.6 Å². The highest BCUT2D eigenvalue weighted by Gasteiger charge is 2.48. The first-order valence-electron chi connectivity index (χ1n) is 5.80. The zero-order valence-corrected chi connectivity index (χ0v) is 11.8. The monoisotopic (exact) mass is 334 g/mol. The molecule has 0 aliphatic heterocycles. The van der Waals surface area contributed by atoms with Crippen LogP contribution >= 0.6 is 0 Å². The topological polar surface area (TPSA) is 80.7 Å². The summed E-state index contributed by atoms with van der Waals surface area (Å²) in [5, 5.41) is 9.61. The summed E-state index contributed by atoms with van der Waals surface area (Å²) in [5.41, 5.74) is -5.03. The van der Waals surface area contributed by atoms with E-state index in [4.69, 9.17) is 5.11 Å². The number of carboxylic acids is 1. The van der Waals surface area contributed by atoms with Gasteiger partial charge in [-0.3, -0.25) is 0 Å². The highest BCUT2D eigenvalue weighted by atomic mass is 32.2. The molecule has 0 spiro atoms. The van der Waals surface area contributed by atoms with Crippen LogP contribution in [0, 0.1) is 6.92 Å². The Balaban J connectivity index is 2.55. The van der Waals surface area contributed by atoms with Crippen LogP contribution in [-0.2, 0) is 10.1 Å². The molecule has 22 heavy (non-hydrogen) atoms. The molecule has 9 heteroatoms. The lowest BCUT2D eigenvalue weighted by atomic mass is 10.0. The first kappa shape index (κ1) is 16.1. The molecule has 0 radical (unpaired) electrons. The first-order valence-corrected chi connectivity index (χ1v) is 7.20. The summed E-state index contributed by atoms with van der Waals surface area (Å²) in [5.74, 6) is -1.75. The third-order valence-electron chi connectivity index (χ3n) is 2.79. The van der Waals surface area contributed by atoms with Gasteiger partial charge in [0.1, 0.15) is 5.75 Å². The number of carboxylic acid groups (broad SMARTS) is 1. The van der Waals surface area contributed by atoms with Gasteiger partial charge in [0, 0.05) is 0 Å². The van der Waals surface area contributed by atoms with E-state index in [2.05, 4.69) is 4.18 Å². The predicted octanol–water partition coefficient (Wildman–Crippen LogP) is 3.07. The summed E-state index contributed by atoms with van der Waals surface area (Å²) in [6.45, 7) is 1.60. The van der Waals surface area contributed by atoms with Crippen molar-refractivity contribution in [1.29, 1.82) is 0 Å². The molecule has 5 nitrogen and oxygen atoms in total. The van der Waals surface area contributed by atoms with Crippen LogP contribution in [0.1, 0.15) is 15.9 Å². The summed E-state index contributed by atoms with van der Waals surface area (Å²) < 4.78 is 62.8. The van der Waals surface area contributed by atoms with Crippen LogP contribution in [0.5, 0.6) is 5.75 Å².